The highest BCUT2D eigenvalue weighted by molar-refractivity contribution is 5.91. The topological polar surface area (TPSA) is 112 Å². The summed E-state index contributed by atoms with van der Waals surface area (Å²) < 4.78 is 18.1. The molecule has 0 aliphatic rings. The summed E-state index contributed by atoms with van der Waals surface area (Å²) in [7, 11) is 0. The number of rotatable bonds is 10. The predicted octanol–water partition coefficient (Wildman–Crippen LogP) is 2.21. The maximum absolute atomic E-state index is 12.9. The number of halogens is 1. The minimum Gasteiger partial charge on any atom is -0.467 e. The molecule has 0 saturated heterocycles. The smallest absolute Gasteiger partial charge is 0.315 e. The molecule has 1 aromatic heterocycles. The van der Waals surface area contributed by atoms with Crippen molar-refractivity contribution in [2.75, 3.05) is 0 Å². The van der Waals surface area contributed by atoms with Crippen LogP contribution in [-0.2, 0) is 22.7 Å². The maximum Gasteiger partial charge on any atom is 0.315 e. The largest absolute Gasteiger partial charge is 0.467 e. The Morgan fingerprint density at radius 1 is 1.00 bits per heavy atom. The lowest BCUT2D eigenvalue weighted by molar-refractivity contribution is -0.129. The van der Waals surface area contributed by atoms with Crippen LogP contribution in [0.3, 0.4) is 0 Å². The van der Waals surface area contributed by atoms with Gasteiger partial charge in [0.05, 0.1) is 12.8 Å². The number of furan rings is 1. The summed E-state index contributed by atoms with van der Waals surface area (Å²) in [6.07, 6.45) is 2.58. The molecule has 162 valence electrons. The number of hydrogen-bond acceptors (Lipinski definition) is 4. The van der Waals surface area contributed by atoms with E-state index in [1.165, 1.54) is 18.4 Å². The molecule has 0 aliphatic heterocycles. The Morgan fingerprint density at radius 3 is 2.37 bits per heavy atom. The Kier molecular flexibility index (Phi) is 8.86. The van der Waals surface area contributed by atoms with Gasteiger partial charge in [0.1, 0.15) is 23.7 Å². The normalized spacial score (nSPS) is 12.5. The summed E-state index contributed by atoms with van der Waals surface area (Å²) in [5, 5.41) is 10.5. The molecule has 1 heterocycles. The summed E-state index contributed by atoms with van der Waals surface area (Å²) in [5.74, 6) is -0.569. The van der Waals surface area contributed by atoms with Crippen LogP contribution < -0.4 is 21.3 Å². The standard InChI is InChI=1S/C21H27FN4O4/c1-3-5-18(26-21(29)24-12-15-7-9-16(22)10-8-15)20(28)25-14(2)19(27)23-13-17-6-4-11-30-17/h4,6-11,14,18H,3,5,12-13H2,1-2H3,(H,23,27)(H,25,28)(H2,24,26,29). The number of benzene rings is 1. The highest BCUT2D eigenvalue weighted by atomic mass is 19.1. The van der Waals surface area contributed by atoms with Gasteiger partial charge in [-0.05, 0) is 43.2 Å². The zero-order valence-corrected chi connectivity index (χ0v) is 17.0. The highest BCUT2D eigenvalue weighted by Gasteiger charge is 2.23. The first kappa shape index (κ1) is 22.9. The number of amides is 4. The second kappa shape index (κ2) is 11.6. The molecule has 4 N–H and O–H groups in total. The molecule has 2 atom stereocenters. The molecule has 0 radical (unpaired) electrons. The van der Waals surface area contributed by atoms with Gasteiger partial charge in [-0.1, -0.05) is 25.5 Å². The van der Waals surface area contributed by atoms with Gasteiger partial charge < -0.3 is 25.7 Å². The van der Waals surface area contributed by atoms with E-state index in [0.717, 1.165) is 5.56 Å². The number of hydrogen-bond donors (Lipinski definition) is 4. The van der Waals surface area contributed by atoms with Crippen molar-refractivity contribution in [3.05, 3.63) is 59.8 Å². The van der Waals surface area contributed by atoms with Gasteiger partial charge in [0.25, 0.3) is 0 Å². The molecule has 0 bridgehead atoms. The molecule has 0 aliphatic carbocycles. The zero-order valence-electron chi connectivity index (χ0n) is 17.0. The van der Waals surface area contributed by atoms with Crippen LogP contribution >= 0.6 is 0 Å². The number of carbonyl (C=O) groups is 3. The zero-order chi connectivity index (χ0) is 21.9. The summed E-state index contributed by atoms with van der Waals surface area (Å²) in [6, 6.07) is 7.09. The van der Waals surface area contributed by atoms with E-state index in [2.05, 4.69) is 21.3 Å². The van der Waals surface area contributed by atoms with Crippen LogP contribution in [-0.4, -0.2) is 29.9 Å². The first-order chi connectivity index (χ1) is 14.4. The molecular formula is C21H27FN4O4. The average molecular weight is 418 g/mol. The average Bonchev–Trinajstić information content (AvgIpc) is 3.24. The number of urea groups is 1. The Morgan fingerprint density at radius 2 is 1.73 bits per heavy atom. The Labute approximate surface area is 174 Å². The van der Waals surface area contributed by atoms with Crippen LogP contribution in [0.1, 0.15) is 38.0 Å². The molecule has 0 spiro atoms. The SMILES string of the molecule is CCCC(NC(=O)NCc1ccc(F)cc1)C(=O)NC(C)C(=O)NCc1ccco1. The first-order valence-electron chi connectivity index (χ1n) is 9.78. The van der Waals surface area contributed by atoms with Gasteiger partial charge in [0.2, 0.25) is 11.8 Å². The van der Waals surface area contributed by atoms with E-state index in [1.807, 2.05) is 6.92 Å². The Hall–Kier alpha value is -3.36. The monoisotopic (exact) mass is 418 g/mol. The lowest BCUT2D eigenvalue weighted by atomic mass is 10.1. The highest BCUT2D eigenvalue weighted by Crippen LogP contribution is 2.03. The Balaban J connectivity index is 1.81. The summed E-state index contributed by atoms with van der Waals surface area (Å²) in [4.78, 5) is 36.9. The second-order valence-corrected chi connectivity index (χ2v) is 6.82. The second-order valence-electron chi connectivity index (χ2n) is 6.82. The molecule has 8 nitrogen and oxygen atoms in total. The molecule has 2 unspecified atom stereocenters. The molecule has 4 amide bonds. The van der Waals surface area contributed by atoms with Crippen molar-refractivity contribution < 1.29 is 23.2 Å². The van der Waals surface area contributed by atoms with Crippen LogP contribution in [0.4, 0.5) is 9.18 Å². The van der Waals surface area contributed by atoms with Crippen molar-refractivity contribution >= 4 is 17.8 Å². The van der Waals surface area contributed by atoms with E-state index in [9.17, 15) is 18.8 Å². The third kappa shape index (κ3) is 7.57. The third-order valence-corrected chi connectivity index (χ3v) is 4.33. The lowest BCUT2D eigenvalue weighted by Gasteiger charge is -2.21. The van der Waals surface area contributed by atoms with Gasteiger partial charge in [0.15, 0.2) is 0 Å². The molecule has 1 aromatic carbocycles. The summed E-state index contributed by atoms with van der Waals surface area (Å²) >= 11 is 0. The van der Waals surface area contributed by atoms with E-state index >= 15 is 0 Å². The van der Waals surface area contributed by atoms with Crippen molar-refractivity contribution in [1.82, 2.24) is 21.3 Å². The molecule has 0 fully saturated rings. The summed E-state index contributed by atoms with van der Waals surface area (Å²) in [6.45, 7) is 3.86. The minimum absolute atomic E-state index is 0.193. The Bertz CT molecular complexity index is 824. The maximum atomic E-state index is 12.9. The van der Waals surface area contributed by atoms with Crippen LogP contribution in [0.25, 0.3) is 0 Å². The molecule has 9 heteroatoms. The molecule has 30 heavy (non-hydrogen) atoms. The van der Waals surface area contributed by atoms with Gasteiger partial charge in [-0.15, -0.1) is 0 Å². The van der Waals surface area contributed by atoms with Crippen molar-refractivity contribution in [2.45, 2.75) is 51.9 Å². The van der Waals surface area contributed by atoms with E-state index < -0.39 is 24.0 Å². The van der Waals surface area contributed by atoms with Gasteiger partial charge >= 0.3 is 6.03 Å². The minimum atomic E-state index is -0.788. The molecule has 2 aromatic rings. The molecule has 0 saturated carbocycles. The van der Waals surface area contributed by atoms with Gasteiger partial charge in [-0.3, -0.25) is 9.59 Å². The van der Waals surface area contributed by atoms with Crippen LogP contribution in [0.15, 0.2) is 47.1 Å². The fourth-order valence-electron chi connectivity index (χ4n) is 2.67. The van der Waals surface area contributed by atoms with E-state index in [1.54, 1.807) is 31.2 Å². The summed E-state index contributed by atoms with van der Waals surface area (Å²) in [5.41, 5.74) is 0.727. The molecular weight excluding hydrogens is 391 g/mol. The first-order valence-corrected chi connectivity index (χ1v) is 9.78. The number of carbonyl (C=O) groups excluding carboxylic acids is 3. The van der Waals surface area contributed by atoms with E-state index in [4.69, 9.17) is 4.42 Å². The third-order valence-electron chi connectivity index (χ3n) is 4.33. The molecule has 2 rings (SSSR count). The van der Waals surface area contributed by atoms with E-state index in [0.29, 0.717) is 18.6 Å². The quantitative estimate of drug-likeness (QED) is 0.474. The van der Waals surface area contributed by atoms with E-state index in [-0.39, 0.29) is 24.8 Å². The number of nitrogens with one attached hydrogen (secondary N) is 4. The predicted molar refractivity (Wildman–Crippen MR) is 109 cm³/mol. The van der Waals surface area contributed by atoms with Gasteiger partial charge in [0, 0.05) is 6.54 Å². The van der Waals surface area contributed by atoms with Gasteiger partial charge in [-0.2, -0.15) is 0 Å². The van der Waals surface area contributed by atoms with Crippen LogP contribution in [0.5, 0.6) is 0 Å². The fraction of sp³-hybridized carbons (Fsp3) is 0.381. The van der Waals surface area contributed by atoms with Crippen LogP contribution in [0.2, 0.25) is 0 Å². The lowest BCUT2D eigenvalue weighted by Crippen LogP contribution is -2.54. The van der Waals surface area contributed by atoms with Gasteiger partial charge in [-0.25, -0.2) is 9.18 Å². The van der Waals surface area contributed by atoms with Crippen molar-refractivity contribution in [1.29, 1.82) is 0 Å². The van der Waals surface area contributed by atoms with Crippen molar-refractivity contribution in [3.8, 4) is 0 Å². The fourth-order valence-corrected chi connectivity index (χ4v) is 2.67. The van der Waals surface area contributed by atoms with Crippen molar-refractivity contribution in [3.63, 3.8) is 0 Å². The van der Waals surface area contributed by atoms with Crippen molar-refractivity contribution in [2.24, 2.45) is 0 Å². The van der Waals surface area contributed by atoms with Crippen LogP contribution in [0, 0.1) is 5.82 Å².